The summed E-state index contributed by atoms with van der Waals surface area (Å²) in [5, 5.41) is 11.4. The van der Waals surface area contributed by atoms with E-state index in [9.17, 15) is 9.18 Å². The van der Waals surface area contributed by atoms with Crippen molar-refractivity contribution >= 4 is 5.91 Å². The van der Waals surface area contributed by atoms with Gasteiger partial charge in [0, 0.05) is 6.54 Å². The van der Waals surface area contributed by atoms with Gasteiger partial charge in [-0.2, -0.15) is 5.26 Å². The molecule has 4 heteroatoms. The van der Waals surface area contributed by atoms with Crippen molar-refractivity contribution in [3.63, 3.8) is 0 Å². The molecule has 1 atom stereocenters. The second-order valence-corrected chi connectivity index (χ2v) is 4.21. The predicted octanol–water partition coefficient (Wildman–Crippen LogP) is 2.34. The minimum Gasteiger partial charge on any atom is -0.355 e. The van der Waals surface area contributed by atoms with Gasteiger partial charge < -0.3 is 5.32 Å². The Bertz CT molecular complexity index is 465. The van der Waals surface area contributed by atoms with E-state index in [4.69, 9.17) is 5.26 Å². The average Bonchev–Trinajstić information content (AvgIpc) is 2.35. The Kier molecular flexibility index (Phi) is 5.31. The maximum atomic E-state index is 13.0. The third kappa shape index (κ3) is 3.85. The number of nitriles is 1. The van der Waals surface area contributed by atoms with E-state index in [1.165, 1.54) is 6.07 Å². The fourth-order valence-corrected chi connectivity index (χ4v) is 1.65. The van der Waals surface area contributed by atoms with Crippen molar-refractivity contribution in [1.29, 1.82) is 5.26 Å². The number of nitrogens with zero attached hydrogens (tertiary/aromatic N) is 1. The van der Waals surface area contributed by atoms with Gasteiger partial charge in [-0.15, -0.1) is 0 Å². The first-order chi connectivity index (χ1) is 8.58. The van der Waals surface area contributed by atoms with Gasteiger partial charge in [-0.05, 0) is 37.0 Å². The van der Waals surface area contributed by atoms with Gasteiger partial charge in [0.2, 0.25) is 5.91 Å². The molecule has 18 heavy (non-hydrogen) atoms. The fraction of sp³-hybridized carbons (Fsp3) is 0.429. The zero-order valence-electron chi connectivity index (χ0n) is 10.7. The Labute approximate surface area is 107 Å². The van der Waals surface area contributed by atoms with Gasteiger partial charge in [0.25, 0.3) is 0 Å². The summed E-state index contributed by atoms with van der Waals surface area (Å²) in [7, 11) is 0. The van der Waals surface area contributed by atoms with Crippen molar-refractivity contribution in [3.05, 3.63) is 35.1 Å². The topological polar surface area (TPSA) is 52.9 Å². The van der Waals surface area contributed by atoms with Crippen LogP contribution in [-0.4, -0.2) is 12.5 Å². The van der Waals surface area contributed by atoms with Crippen molar-refractivity contribution in [3.8, 4) is 6.07 Å². The van der Waals surface area contributed by atoms with Gasteiger partial charge >= 0.3 is 0 Å². The molecule has 96 valence electrons. The molecule has 0 saturated carbocycles. The quantitative estimate of drug-likeness (QED) is 0.869. The molecule has 0 spiro atoms. The highest BCUT2D eigenvalue weighted by Crippen LogP contribution is 2.09. The first-order valence-electron chi connectivity index (χ1n) is 6.00. The summed E-state index contributed by atoms with van der Waals surface area (Å²) in [5.74, 6) is -1.04. The highest BCUT2D eigenvalue weighted by molar-refractivity contribution is 5.80. The number of hydrogen-bond acceptors (Lipinski definition) is 2. The lowest BCUT2D eigenvalue weighted by Gasteiger charge is -2.08. The summed E-state index contributed by atoms with van der Waals surface area (Å²) >= 11 is 0. The molecule has 0 aliphatic carbocycles. The van der Waals surface area contributed by atoms with Crippen LogP contribution in [0.15, 0.2) is 18.2 Å². The van der Waals surface area contributed by atoms with Gasteiger partial charge in [-0.1, -0.05) is 19.1 Å². The number of carbonyl (C=O) groups excluding carboxylic acids is 1. The summed E-state index contributed by atoms with van der Waals surface area (Å²) in [6, 6.07) is 6.85. The molecule has 1 aromatic rings. The molecule has 1 rings (SSSR count). The molecule has 3 nitrogen and oxygen atoms in total. The maximum absolute atomic E-state index is 13.0. The molecular formula is C14H17FN2O. The van der Waals surface area contributed by atoms with Gasteiger partial charge in [0.1, 0.15) is 11.7 Å². The molecule has 0 bridgehead atoms. The Morgan fingerprint density at radius 3 is 2.83 bits per heavy atom. The normalized spacial score (nSPS) is 11.7. The van der Waals surface area contributed by atoms with Crippen LogP contribution in [-0.2, 0) is 11.2 Å². The third-order valence-electron chi connectivity index (χ3n) is 2.82. The molecule has 0 radical (unpaired) electrons. The summed E-state index contributed by atoms with van der Waals surface area (Å²) < 4.78 is 13.0. The average molecular weight is 248 g/mol. The molecule has 0 fully saturated rings. The highest BCUT2D eigenvalue weighted by atomic mass is 19.1. The molecule has 0 aliphatic heterocycles. The second-order valence-electron chi connectivity index (χ2n) is 4.21. The van der Waals surface area contributed by atoms with Crippen LogP contribution in [0.5, 0.6) is 0 Å². The van der Waals surface area contributed by atoms with Crippen LogP contribution in [0.4, 0.5) is 4.39 Å². The van der Waals surface area contributed by atoms with Gasteiger partial charge in [-0.3, -0.25) is 4.79 Å². The Balaban J connectivity index is 2.45. The maximum Gasteiger partial charge on any atom is 0.237 e. The Morgan fingerprint density at radius 2 is 2.28 bits per heavy atom. The fourth-order valence-electron chi connectivity index (χ4n) is 1.65. The van der Waals surface area contributed by atoms with Crippen LogP contribution in [0, 0.1) is 30.0 Å². The van der Waals surface area contributed by atoms with Gasteiger partial charge in [0.05, 0.1) is 6.07 Å². The number of rotatable bonds is 5. The minimum absolute atomic E-state index is 0.224. The van der Waals surface area contributed by atoms with Crippen molar-refractivity contribution in [2.24, 2.45) is 5.92 Å². The van der Waals surface area contributed by atoms with Crippen LogP contribution >= 0.6 is 0 Å². The molecule has 1 unspecified atom stereocenters. The monoisotopic (exact) mass is 248 g/mol. The SMILES string of the molecule is CCC(C#N)C(=O)NCCc1ccc(F)c(C)c1. The van der Waals surface area contributed by atoms with E-state index in [2.05, 4.69) is 5.32 Å². The summed E-state index contributed by atoms with van der Waals surface area (Å²) in [6.07, 6.45) is 1.15. The number of benzene rings is 1. The highest BCUT2D eigenvalue weighted by Gasteiger charge is 2.14. The summed E-state index contributed by atoms with van der Waals surface area (Å²) in [4.78, 5) is 11.5. The van der Waals surface area contributed by atoms with E-state index in [1.54, 1.807) is 26.0 Å². The van der Waals surface area contributed by atoms with E-state index in [-0.39, 0.29) is 11.7 Å². The zero-order valence-corrected chi connectivity index (χ0v) is 10.7. The standard InChI is InChI=1S/C14H17FN2O/c1-3-12(9-16)14(18)17-7-6-11-4-5-13(15)10(2)8-11/h4-5,8,12H,3,6-7H2,1-2H3,(H,17,18). The summed E-state index contributed by atoms with van der Waals surface area (Å²) in [5.41, 5.74) is 1.57. The van der Waals surface area contributed by atoms with E-state index in [0.717, 1.165) is 5.56 Å². The number of halogens is 1. The van der Waals surface area contributed by atoms with E-state index < -0.39 is 5.92 Å². The molecule has 1 amide bonds. The van der Waals surface area contributed by atoms with Crippen LogP contribution in [0.25, 0.3) is 0 Å². The van der Waals surface area contributed by atoms with Crippen molar-refractivity contribution in [1.82, 2.24) is 5.32 Å². The van der Waals surface area contributed by atoms with Crippen LogP contribution in [0.2, 0.25) is 0 Å². The number of nitrogens with one attached hydrogen (secondary N) is 1. The lowest BCUT2D eigenvalue weighted by molar-refractivity contribution is -0.123. The molecule has 0 heterocycles. The van der Waals surface area contributed by atoms with Gasteiger partial charge in [0.15, 0.2) is 0 Å². The lowest BCUT2D eigenvalue weighted by atomic mass is 10.1. The number of aryl methyl sites for hydroxylation is 1. The van der Waals surface area contributed by atoms with Crippen molar-refractivity contribution < 1.29 is 9.18 Å². The van der Waals surface area contributed by atoms with E-state index in [1.807, 2.05) is 6.07 Å². The van der Waals surface area contributed by atoms with Crippen molar-refractivity contribution in [2.45, 2.75) is 26.7 Å². The third-order valence-corrected chi connectivity index (χ3v) is 2.82. The zero-order chi connectivity index (χ0) is 13.5. The number of amides is 1. The molecule has 0 aromatic heterocycles. The van der Waals surface area contributed by atoms with Crippen LogP contribution < -0.4 is 5.32 Å². The number of carbonyl (C=O) groups is 1. The first kappa shape index (κ1) is 14.2. The first-order valence-corrected chi connectivity index (χ1v) is 6.00. The van der Waals surface area contributed by atoms with Crippen molar-refractivity contribution in [2.75, 3.05) is 6.54 Å². The van der Waals surface area contributed by atoms with Crippen LogP contribution in [0.3, 0.4) is 0 Å². The second kappa shape index (κ2) is 6.75. The lowest BCUT2D eigenvalue weighted by Crippen LogP contribution is -2.31. The largest absolute Gasteiger partial charge is 0.355 e. The molecular weight excluding hydrogens is 231 g/mol. The number of hydrogen-bond donors (Lipinski definition) is 1. The molecule has 0 saturated heterocycles. The minimum atomic E-state index is -0.583. The Morgan fingerprint density at radius 1 is 1.56 bits per heavy atom. The van der Waals surface area contributed by atoms with Crippen LogP contribution in [0.1, 0.15) is 24.5 Å². The molecule has 1 aromatic carbocycles. The Hall–Kier alpha value is -1.89. The summed E-state index contributed by atoms with van der Waals surface area (Å²) in [6.45, 7) is 3.97. The van der Waals surface area contributed by atoms with E-state index >= 15 is 0 Å². The molecule has 0 aliphatic rings. The van der Waals surface area contributed by atoms with E-state index in [0.29, 0.717) is 24.9 Å². The van der Waals surface area contributed by atoms with Gasteiger partial charge in [-0.25, -0.2) is 4.39 Å². The molecule has 1 N–H and O–H groups in total. The predicted molar refractivity (Wildman–Crippen MR) is 67.2 cm³/mol. The smallest absolute Gasteiger partial charge is 0.237 e.